The molecule has 1 aromatic rings. The van der Waals surface area contributed by atoms with E-state index in [-0.39, 0.29) is 0 Å². The third kappa shape index (κ3) is 3.53. The van der Waals surface area contributed by atoms with Crippen molar-refractivity contribution in [1.82, 2.24) is 5.32 Å². The van der Waals surface area contributed by atoms with Gasteiger partial charge in [0.1, 0.15) is 0 Å². The molecular weight excluding hydrogens is 214 g/mol. The van der Waals surface area contributed by atoms with Crippen molar-refractivity contribution in [3.8, 4) is 0 Å². The number of hydrogen-bond acceptors (Lipinski definition) is 2. The summed E-state index contributed by atoms with van der Waals surface area (Å²) in [5.74, 6) is 3.31. The van der Waals surface area contributed by atoms with Crippen LogP contribution in [0.2, 0.25) is 0 Å². The van der Waals surface area contributed by atoms with Crippen LogP contribution in [0.15, 0.2) is 30.3 Å². The summed E-state index contributed by atoms with van der Waals surface area (Å²) < 4.78 is 0. The predicted molar refractivity (Wildman–Crippen MR) is 73.2 cm³/mol. The van der Waals surface area contributed by atoms with Gasteiger partial charge in [-0.05, 0) is 36.6 Å². The molecule has 16 heavy (non-hydrogen) atoms. The Kier molecular flexibility index (Phi) is 4.73. The van der Waals surface area contributed by atoms with Crippen LogP contribution in [0.1, 0.15) is 31.2 Å². The van der Waals surface area contributed by atoms with Crippen LogP contribution in [-0.4, -0.2) is 24.1 Å². The highest BCUT2D eigenvalue weighted by Crippen LogP contribution is 2.19. The zero-order chi connectivity index (χ0) is 11.2. The minimum Gasteiger partial charge on any atom is -0.313 e. The Hall–Kier alpha value is -0.470. The average molecular weight is 235 g/mol. The summed E-state index contributed by atoms with van der Waals surface area (Å²) in [7, 11) is 0. The lowest BCUT2D eigenvalue weighted by molar-refractivity contribution is 0.522. The molecule has 1 saturated heterocycles. The molecule has 2 atom stereocenters. The van der Waals surface area contributed by atoms with Gasteiger partial charge in [0.15, 0.2) is 0 Å². The van der Waals surface area contributed by atoms with Gasteiger partial charge in [-0.1, -0.05) is 37.3 Å². The highest BCUT2D eigenvalue weighted by molar-refractivity contribution is 7.99. The average Bonchev–Trinajstić information content (AvgIpc) is 2.83. The molecule has 0 amide bonds. The Morgan fingerprint density at radius 2 is 2.19 bits per heavy atom. The van der Waals surface area contributed by atoms with E-state index in [4.69, 9.17) is 0 Å². The molecule has 0 spiro atoms. The van der Waals surface area contributed by atoms with Crippen molar-refractivity contribution in [2.24, 2.45) is 0 Å². The first-order valence-electron chi connectivity index (χ1n) is 6.22. The van der Waals surface area contributed by atoms with E-state index in [1.807, 2.05) is 0 Å². The van der Waals surface area contributed by atoms with Crippen molar-refractivity contribution in [3.05, 3.63) is 35.9 Å². The fourth-order valence-electron chi connectivity index (χ4n) is 2.15. The lowest BCUT2D eigenvalue weighted by atomic mass is 9.98. The third-order valence-electron chi connectivity index (χ3n) is 3.31. The van der Waals surface area contributed by atoms with Crippen molar-refractivity contribution >= 4 is 11.8 Å². The molecule has 0 radical (unpaired) electrons. The normalized spacial score (nSPS) is 22.2. The van der Waals surface area contributed by atoms with Gasteiger partial charge in [-0.2, -0.15) is 11.8 Å². The molecule has 1 aliphatic heterocycles. The molecule has 1 aromatic carbocycles. The monoisotopic (exact) mass is 235 g/mol. The summed E-state index contributed by atoms with van der Waals surface area (Å²) >= 11 is 2.07. The second-order valence-electron chi connectivity index (χ2n) is 4.62. The van der Waals surface area contributed by atoms with Crippen molar-refractivity contribution in [1.29, 1.82) is 0 Å². The van der Waals surface area contributed by atoms with Crippen molar-refractivity contribution < 1.29 is 0 Å². The summed E-state index contributed by atoms with van der Waals surface area (Å²) in [6.07, 6.45) is 2.59. The number of nitrogens with one attached hydrogen (secondary N) is 1. The topological polar surface area (TPSA) is 12.0 Å². The minimum atomic E-state index is 0.669. The Bertz CT molecular complexity index is 293. The molecule has 1 fully saturated rings. The van der Waals surface area contributed by atoms with E-state index in [0.717, 1.165) is 12.6 Å². The fourth-order valence-corrected chi connectivity index (χ4v) is 3.33. The summed E-state index contributed by atoms with van der Waals surface area (Å²) in [4.78, 5) is 0. The van der Waals surface area contributed by atoms with Crippen LogP contribution in [0.3, 0.4) is 0 Å². The first-order chi connectivity index (χ1) is 7.86. The summed E-state index contributed by atoms with van der Waals surface area (Å²) in [5, 5.41) is 3.66. The maximum atomic E-state index is 3.66. The molecular formula is C14H21NS. The van der Waals surface area contributed by atoms with Crippen LogP contribution in [0.5, 0.6) is 0 Å². The highest BCUT2D eigenvalue weighted by atomic mass is 32.2. The van der Waals surface area contributed by atoms with E-state index < -0.39 is 0 Å². The molecule has 88 valence electrons. The molecule has 1 heterocycles. The third-order valence-corrected chi connectivity index (χ3v) is 4.47. The van der Waals surface area contributed by atoms with Crippen LogP contribution in [0.25, 0.3) is 0 Å². The summed E-state index contributed by atoms with van der Waals surface area (Å²) in [6.45, 7) is 3.47. The first kappa shape index (κ1) is 12.0. The van der Waals surface area contributed by atoms with Crippen LogP contribution in [-0.2, 0) is 0 Å². The largest absolute Gasteiger partial charge is 0.313 e. The van der Waals surface area contributed by atoms with Gasteiger partial charge in [-0.3, -0.25) is 0 Å². The van der Waals surface area contributed by atoms with Gasteiger partial charge in [0.2, 0.25) is 0 Å². The van der Waals surface area contributed by atoms with Crippen LogP contribution in [0, 0.1) is 0 Å². The van der Waals surface area contributed by atoms with Gasteiger partial charge < -0.3 is 5.32 Å². The SMILES string of the molecule is CC(CCNC1CCSC1)c1ccccc1. The van der Waals surface area contributed by atoms with E-state index in [2.05, 4.69) is 54.3 Å². The lowest BCUT2D eigenvalue weighted by Gasteiger charge is -2.15. The number of benzene rings is 1. The van der Waals surface area contributed by atoms with Gasteiger partial charge in [0, 0.05) is 11.8 Å². The minimum absolute atomic E-state index is 0.669. The standard InChI is InChI=1S/C14H21NS/c1-12(13-5-3-2-4-6-13)7-9-15-14-8-10-16-11-14/h2-6,12,14-15H,7-11H2,1H3. The Morgan fingerprint density at radius 1 is 1.38 bits per heavy atom. The number of rotatable bonds is 5. The first-order valence-corrected chi connectivity index (χ1v) is 7.38. The van der Waals surface area contributed by atoms with E-state index in [1.54, 1.807) is 0 Å². The molecule has 2 rings (SSSR count). The summed E-state index contributed by atoms with van der Waals surface area (Å²) in [6, 6.07) is 11.6. The van der Waals surface area contributed by atoms with E-state index in [1.165, 1.54) is 29.9 Å². The van der Waals surface area contributed by atoms with E-state index in [0.29, 0.717) is 5.92 Å². The van der Waals surface area contributed by atoms with Gasteiger partial charge in [-0.15, -0.1) is 0 Å². The van der Waals surface area contributed by atoms with E-state index in [9.17, 15) is 0 Å². The molecule has 0 aliphatic carbocycles. The lowest BCUT2D eigenvalue weighted by Crippen LogP contribution is -2.30. The van der Waals surface area contributed by atoms with E-state index >= 15 is 0 Å². The molecule has 0 bridgehead atoms. The van der Waals surface area contributed by atoms with Gasteiger partial charge >= 0.3 is 0 Å². The zero-order valence-electron chi connectivity index (χ0n) is 9.99. The van der Waals surface area contributed by atoms with Gasteiger partial charge in [-0.25, -0.2) is 0 Å². The fraction of sp³-hybridized carbons (Fsp3) is 0.571. The second-order valence-corrected chi connectivity index (χ2v) is 5.76. The Labute approximate surface area is 103 Å². The van der Waals surface area contributed by atoms with Crippen LogP contribution >= 0.6 is 11.8 Å². The van der Waals surface area contributed by atoms with Crippen molar-refractivity contribution in [3.63, 3.8) is 0 Å². The molecule has 0 aromatic heterocycles. The van der Waals surface area contributed by atoms with Gasteiger partial charge in [0.05, 0.1) is 0 Å². The van der Waals surface area contributed by atoms with Crippen LogP contribution in [0.4, 0.5) is 0 Å². The quantitative estimate of drug-likeness (QED) is 0.840. The maximum Gasteiger partial charge on any atom is 0.0166 e. The zero-order valence-corrected chi connectivity index (χ0v) is 10.8. The van der Waals surface area contributed by atoms with Crippen molar-refractivity contribution in [2.45, 2.75) is 31.7 Å². The van der Waals surface area contributed by atoms with Crippen LogP contribution < -0.4 is 5.32 Å². The summed E-state index contributed by atoms with van der Waals surface area (Å²) in [5.41, 5.74) is 1.46. The predicted octanol–water partition coefficient (Wildman–Crippen LogP) is 3.28. The Morgan fingerprint density at radius 3 is 2.88 bits per heavy atom. The molecule has 2 heteroatoms. The second kappa shape index (κ2) is 6.31. The van der Waals surface area contributed by atoms with Crippen molar-refractivity contribution in [2.75, 3.05) is 18.1 Å². The maximum absolute atomic E-state index is 3.66. The molecule has 1 aliphatic rings. The Balaban J connectivity index is 1.69. The molecule has 2 unspecified atom stereocenters. The molecule has 1 N–H and O–H groups in total. The molecule has 1 nitrogen and oxygen atoms in total. The van der Waals surface area contributed by atoms with Gasteiger partial charge in [0.25, 0.3) is 0 Å². The number of hydrogen-bond donors (Lipinski definition) is 1. The smallest absolute Gasteiger partial charge is 0.0166 e. The highest BCUT2D eigenvalue weighted by Gasteiger charge is 2.14. The number of thioether (sulfide) groups is 1. The molecule has 0 saturated carbocycles.